The van der Waals surface area contributed by atoms with E-state index in [4.69, 9.17) is 4.99 Å². The summed E-state index contributed by atoms with van der Waals surface area (Å²) < 4.78 is 0. The number of aliphatic imine (C=N–C) groups is 1. The van der Waals surface area contributed by atoms with E-state index in [2.05, 4.69) is 44.3 Å². The van der Waals surface area contributed by atoms with Crippen molar-refractivity contribution >= 4 is 24.4 Å². The monoisotopic (exact) mass is 525 g/mol. The highest BCUT2D eigenvalue weighted by Gasteiger charge is 2.47. The molecule has 4 aliphatic rings. The SMILES string of the molecule is O=CC1=C(c2ccccc2)N=CN(C[C@@H]2CCN(C(=O)N3CCNC[C@H]3c3ccccc3)CC23CCCC3)C1. The van der Waals surface area contributed by atoms with Gasteiger partial charge in [0.05, 0.1) is 18.1 Å². The number of benzene rings is 2. The highest BCUT2D eigenvalue weighted by atomic mass is 16.2. The first-order chi connectivity index (χ1) is 19.2. The lowest BCUT2D eigenvalue weighted by Crippen LogP contribution is -2.58. The minimum atomic E-state index is 0.0709. The van der Waals surface area contributed by atoms with Crippen LogP contribution in [-0.4, -0.2) is 79.2 Å². The van der Waals surface area contributed by atoms with Crippen LogP contribution in [-0.2, 0) is 4.79 Å². The van der Waals surface area contributed by atoms with Crippen LogP contribution in [0.15, 0.2) is 71.2 Å². The normalized spacial score (nSPS) is 24.9. The number of piperazine rings is 1. The zero-order valence-corrected chi connectivity index (χ0v) is 22.7. The molecular weight excluding hydrogens is 486 g/mol. The number of hydrogen-bond acceptors (Lipinski definition) is 5. The van der Waals surface area contributed by atoms with E-state index in [1.807, 2.05) is 42.7 Å². The van der Waals surface area contributed by atoms with Gasteiger partial charge < -0.3 is 20.0 Å². The van der Waals surface area contributed by atoms with Gasteiger partial charge in [-0.3, -0.25) is 4.79 Å². The van der Waals surface area contributed by atoms with Crippen molar-refractivity contribution in [2.45, 2.75) is 38.1 Å². The van der Waals surface area contributed by atoms with Gasteiger partial charge in [-0.2, -0.15) is 0 Å². The third-order valence-corrected chi connectivity index (χ3v) is 9.33. The van der Waals surface area contributed by atoms with E-state index >= 15 is 0 Å². The first kappa shape index (κ1) is 25.8. The van der Waals surface area contributed by atoms with E-state index in [0.717, 1.165) is 68.8 Å². The Labute approximate surface area is 231 Å². The summed E-state index contributed by atoms with van der Waals surface area (Å²) in [5.74, 6) is 0.481. The highest BCUT2D eigenvalue weighted by Crippen LogP contribution is 2.49. The number of aldehydes is 1. The summed E-state index contributed by atoms with van der Waals surface area (Å²) in [6.45, 7) is 5.45. The molecule has 3 heterocycles. The molecule has 2 saturated heterocycles. The minimum absolute atomic E-state index is 0.0709. The fourth-order valence-electron chi connectivity index (χ4n) is 7.29. The standard InChI is InChI=1S/C32H39N5O2/c38-22-27-20-35(24-34-30(27)26-11-5-2-6-12-26)21-28-13-17-36(23-32(28)14-7-8-15-32)31(39)37-18-16-33-19-29(37)25-9-3-1-4-10-25/h1-6,9-12,22,24,28-29,33H,7-8,13-21,23H2/t28-,29-/m0/s1. The fraction of sp³-hybridized carbons (Fsp3) is 0.469. The van der Waals surface area contributed by atoms with E-state index in [1.54, 1.807) is 0 Å². The average Bonchev–Trinajstić information content (AvgIpc) is 3.47. The maximum Gasteiger partial charge on any atom is 0.320 e. The molecule has 204 valence electrons. The van der Waals surface area contributed by atoms with Gasteiger partial charge in [0.15, 0.2) is 0 Å². The Hall–Kier alpha value is -3.45. The molecule has 0 unspecified atom stereocenters. The zero-order chi connectivity index (χ0) is 26.7. The lowest BCUT2D eigenvalue weighted by atomic mass is 9.69. The number of piperidine rings is 1. The van der Waals surface area contributed by atoms with E-state index in [9.17, 15) is 9.59 Å². The molecule has 7 nitrogen and oxygen atoms in total. The van der Waals surface area contributed by atoms with Crippen LogP contribution in [0.25, 0.3) is 5.70 Å². The van der Waals surface area contributed by atoms with Gasteiger partial charge in [0.25, 0.3) is 0 Å². The second-order valence-corrected chi connectivity index (χ2v) is 11.6. The largest absolute Gasteiger partial charge is 0.358 e. The molecule has 1 saturated carbocycles. The summed E-state index contributed by atoms with van der Waals surface area (Å²) in [7, 11) is 0. The van der Waals surface area contributed by atoms with Crippen LogP contribution in [0.1, 0.15) is 49.3 Å². The molecule has 2 atom stereocenters. The number of amides is 2. The molecule has 0 radical (unpaired) electrons. The average molecular weight is 526 g/mol. The molecular formula is C32H39N5O2. The smallest absolute Gasteiger partial charge is 0.320 e. The maximum atomic E-state index is 14.0. The van der Waals surface area contributed by atoms with Crippen molar-refractivity contribution in [2.24, 2.45) is 16.3 Å². The van der Waals surface area contributed by atoms with Crippen LogP contribution in [0.2, 0.25) is 0 Å². The fourth-order valence-corrected chi connectivity index (χ4v) is 7.29. The lowest BCUT2D eigenvalue weighted by molar-refractivity contribution is -0.105. The van der Waals surface area contributed by atoms with Crippen molar-refractivity contribution in [1.29, 1.82) is 0 Å². The molecule has 1 N–H and O–H groups in total. The van der Waals surface area contributed by atoms with Crippen LogP contribution in [0.5, 0.6) is 0 Å². The first-order valence-electron chi connectivity index (χ1n) is 14.5. The van der Waals surface area contributed by atoms with Crippen molar-refractivity contribution < 1.29 is 9.59 Å². The number of nitrogens with one attached hydrogen (secondary N) is 1. The zero-order valence-electron chi connectivity index (χ0n) is 22.7. The number of rotatable bonds is 5. The van der Waals surface area contributed by atoms with Gasteiger partial charge in [0.1, 0.15) is 6.29 Å². The lowest BCUT2D eigenvalue weighted by Gasteiger charge is -2.50. The van der Waals surface area contributed by atoms with E-state index in [-0.39, 0.29) is 17.5 Å². The summed E-state index contributed by atoms with van der Waals surface area (Å²) >= 11 is 0. The van der Waals surface area contributed by atoms with Gasteiger partial charge in [-0.15, -0.1) is 0 Å². The third kappa shape index (κ3) is 5.24. The highest BCUT2D eigenvalue weighted by molar-refractivity contribution is 5.92. The number of nitrogens with zero attached hydrogens (tertiary/aromatic N) is 4. The van der Waals surface area contributed by atoms with Gasteiger partial charge in [-0.25, -0.2) is 9.79 Å². The molecule has 2 amide bonds. The summed E-state index contributed by atoms with van der Waals surface area (Å²) in [6, 6.07) is 20.6. The maximum absolute atomic E-state index is 14.0. The molecule has 0 aromatic heterocycles. The molecule has 1 spiro atoms. The number of carbonyl (C=O) groups is 2. The molecule has 39 heavy (non-hydrogen) atoms. The van der Waals surface area contributed by atoms with Crippen molar-refractivity contribution in [3.63, 3.8) is 0 Å². The Morgan fingerprint density at radius 2 is 1.77 bits per heavy atom. The van der Waals surface area contributed by atoms with Crippen LogP contribution in [0, 0.1) is 11.3 Å². The van der Waals surface area contributed by atoms with Crippen molar-refractivity contribution in [3.8, 4) is 0 Å². The van der Waals surface area contributed by atoms with Crippen LogP contribution >= 0.6 is 0 Å². The first-order valence-corrected chi connectivity index (χ1v) is 14.5. The Morgan fingerprint density at radius 1 is 1.03 bits per heavy atom. The molecule has 0 bridgehead atoms. The van der Waals surface area contributed by atoms with Gasteiger partial charge in [0, 0.05) is 56.9 Å². The van der Waals surface area contributed by atoms with E-state index in [0.29, 0.717) is 12.5 Å². The third-order valence-electron chi connectivity index (χ3n) is 9.33. The molecule has 1 aliphatic carbocycles. The Kier molecular flexibility index (Phi) is 7.51. The second kappa shape index (κ2) is 11.3. The number of urea groups is 1. The van der Waals surface area contributed by atoms with Crippen LogP contribution < -0.4 is 5.32 Å². The summed E-state index contributed by atoms with van der Waals surface area (Å²) in [4.78, 5) is 37.2. The van der Waals surface area contributed by atoms with Gasteiger partial charge >= 0.3 is 6.03 Å². The van der Waals surface area contributed by atoms with Gasteiger partial charge in [-0.1, -0.05) is 73.5 Å². The Balaban J connectivity index is 1.16. The molecule has 6 rings (SSSR count). The predicted octanol–water partition coefficient (Wildman–Crippen LogP) is 4.59. The minimum Gasteiger partial charge on any atom is -0.358 e. The van der Waals surface area contributed by atoms with Crippen molar-refractivity contribution in [2.75, 3.05) is 45.8 Å². The quantitative estimate of drug-likeness (QED) is 0.580. The van der Waals surface area contributed by atoms with E-state index < -0.39 is 0 Å². The number of likely N-dealkylation sites (tertiary alicyclic amines) is 1. The van der Waals surface area contributed by atoms with Gasteiger partial charge in [-0.05, 0) is 36.2 Å². The molecule has 7 heteroatoms. The predicted molar refractivity (Wildman–Crippen MR) is 154 cm³/mol. The topological polar surface area (TPSA) is 68.2 Å². The summed E-state index contributed by atoms with van der Waals surface area (Å²) in [5, 5.41) is 3.49. The molecule has 2 aromatic rings. The summed E-state index contributed by atoms with van der Waals surface area (Å²) in [6.07, 6.45) is 8.68. The second-order valence-electron chi connectivity index (χ2n) is 11.6. The van der Waals surface area contributed by atoms with E-state index in [1.165, 1.54) is 31.2 Å². The van der Waals surface area contributed by atoms with Gasteiger partial charge in [0.2, 0.25) is 0 Å². The summed E-state index contributed by atoms with van der Waals surface area (Å²) in [5.41, 5.74) is 3.84. The number of carbonyl (C=O) groups excluding carboxylic acids is 2. The van der Waals surface area contributed by atoms with Crippen molar-refractivity contribution in [3.05, 3.63) is 77.4 Å². The number of hydrogen-bond donors (Lipinski definition) is 1. The Bertz CT molecular complexity index is 1220. The van der Waals surface area contributed by atoms with Crippen molar-refractivity contribution in [1.82, 2.24) is 20.0 Å². The molecule has 3 aliphatic heterocycles. The molecule has 2 aromatic carbocycles. The molecule has 3 fully saturated rings. The Morgan fingerprint density at radius 3 is 2.51 bits per heavy atom. The van der Waals surface area contributed by atoms with Crippen LogP contribution in [0.3, 0.4) is 0 Å². The van der Waals surface area contributed by atoms with Crippen LogP contribution in [0.4, 0.5) is 4.79 Å².